The number of rotatable bonds is 8. The highest BCUT2D eigenvalue weighted by Crippen LogP contribution is 2.20. The molecule has 0 saturated heterocycles. The summed E-state index contributed by atoms with van der Waals surface area (Å²) < 4.78 is 0. The van der Waals surface area contributed by atoms with Crippen molar-refractivity contribution in [1.82, 2.24) is 9.80 Å². The fraction of sp³-hybridized carbons (Fsp3) is 0.786. The molecule has 0 aromatic heterocycles. The standard InChI is InChI=1S/C14H26N2O2/c1-15(10-6-3-7-11-17)12-14(18)16(2)13-8-4-5-9-13/h8,17H,3-7,9-12H2,1-2H3. The van der Waals surface area contributed by atoms with Crippen molar-refractivity contribution in [3.8, 4) is 0 Å². The van der Waals surface area contributed by atoms with Crippen molar-refractivity contribution in [2.24, 2.45) is 0 Å². The molecular formula is C14H26N2O2. The molecule has 4 heteroatoms. The van der Waals surface area contributed by atoms with E-state index >= 15 is 0 Å². The lowest BCUT2D eigenvalue weighted by molar-refractivity contribution is -0.129. The van der Waals surface area contributed by atoms with E-state index in [0.29, 0.717) is 6.54 Å². The zero-order chi connectivity index (χ0) is 13.4. The van der Waals surface area contributed by atoms with E-state index in [1.165, 1.54) is 12.1 Å². The van der Waals surface area contributed by atoms with Crippen LogP contribution in [0.25, 0.3) is 0 Å². The van der Waals surface area contributed by atoms with Crippen LogP contribution in [0.1, 0.15) is 38.5 Å². The Bertz CT molecular complexity index is 290. The Labute approximate surface area is 110 Å². The van der Waals surface area contributed by atoms with Gasteiger partial charge in [0, 0.05) is 19.4 Å². The van der Waals surface area contributed by atoms with Crippen LogP contribution in [0, 0.1) is 0 Å². The van der Waals surface area contributed by atoms with E-state index in [1.54, 1.807) is 4.90 Å². The second-order valence-electron chi connectivity index (χ2n) is 5.06. The highest BCUT2D eigenvalue weighted by molar-refractivity contribution is 5.79. The number of allylic oxidation sites excluding steroid dienone is 2. The molecule has 1 amide bonds. The summed E-state index contributed by atoms with van der Waals surface area (Å²) in [7, 11) is 3.85. The van der Waals surface area contributed by atoms with Gasteiger partial charge in [0.1, 0.15) is 0 Å². The number of aliphatic hydroxyl groups excluding tert-OH is 1. The molecule has 0 saturated carbocycles. The molecule has 0 unspecified atom stereocenters. The van der Waals surface area contributed by atoms with Gasteiger partial charge in [-0.25, -0.2) is 0 Å². The third-order valence-electron chi connectivity index (χ3n) is 3.43. The minimum atomic E-state index is 0.174. The van der Waals surface area contributed by atoms with Gasteiger partial charge in [-0.1, -0.05) is 6.08 Å². The van der Waals surface area contributed by atoms with Gasteiger partial charge in [-0.05, 0) is 52.1 Å². The number of likely N-dealkylation sites (N-methyl/N-ethyl adjacent to an activating group) is 2. The number of amides is 1. The topological polar surface area (TPSA) is 43.8 Å². The van der Waals surface area contributed by atoms with Gasteiger partial charge in [-0.2, -0.15) is 0 Å². The minimum Gasteiger partial charge on any atom is -0.396 e. The van der Waals surface area contributed by atoms with Crippen LogP contribution in [0.15, 0.2) is 11.8 Å². The lowest BCUT2D eigenvalue weighted by Crippen LogP contribution is -2.36. The third-order valence-corrected chi connectivity index (χ3v) is 3.43. The minimum absolute atomic E-state index is 0.174. The Morgan fingerprint density at radius 3 is 2.72 bits per heavy atom. The summed E-state index contributed by atoms with van der Waals surface area (Å²) in [4.78, 5) is 15.9. The first-order valence-electron chi connectivity index (χ1n) is 6.90. The van der Waals surface area contributed by atoms with Crippen LogP contribution in [-0.2, 0) is 4.79 Å². The normalized spacial score (nSPS) is 15.0. The second-order valence-corrected chi connectivity index (χ2v) is 5.06. The highest BCUT2D eigenvalue weighted by Gasteiger charge is 2.17. The summed E-state index contributed by atoms with van der Waals surface area (Å²) in [6.45, 7) is 1.66. The van der Waals surface area contributed by atoms with E-state index in [1.807, 2.05) is 14.1 Å². The largest absolute Gasteiger partial charge is 0.396 e. The fourth-order valence-electron chi connectivity index (χ4n) is 2.21. The van der Waals surface area contributed by atoms with E-state index in [0.717, 1.165) is 38.6 Å². The van der Waals surface area contributed by atoms with Gasteiger partial charge < -0.3 is 10.0 Å². The molecule has 4 nitrogen and oxygen atoms in total. The van der Waals surface area contributed by atoms with Crippen molar-refractivity contribution in [3.63, 3.8) is 0 Å². The molecule has 104 valence electrons. The van der Waals surface area contributed by atoms with Crippen LogP contribution < -0.4 is 0 Å². The predicted molar refractivity (Wildman–Crippen MR) is 73.1 cm³/mol. The Morgan fingerprint density at radius 2 is 2.11 bits per heavy atom. The number of nitrogens with zero attached hydrogens (tertiary/aromatic N) is 2. The summed E-state index contributed by atoms with van der Waals surface area (Å²) in [6, 6.07) is 0. The summed E-state index contributed by atoms with van der Waals surface area (Å²) in [5, 5.41) is 8.69. The van der Waals surface area contributed by atoms with E-state index in [9.17, 15) is 4.79 Å². The van der Waals surface area contributed by atoms with Crippen molar-refractivity contribution in [3.05, 3.63) is 11.8 Å². The first-order chi connectivity index (χ1) is 8.65. The SMILES string of the molecule is CN(CCCCCO)CC(=O)N(C)C1=CCCC1. The highest BCUT2D eigenvalue weighted by atomic mass is 16.2. The number of aliphatic hydroxyl groups is 1. The number of carbonyl (C=O) groups excluding carboxylic acids is 1. The maximum Gasteiger partial charge on any atom is 0.240 e. The lowest BCUT2D eigenvalue weighted by Gasteiger charge is -2.22. The van der Waals surface area contributed by atoms with Crippen molar-refractivity contribution in [2.75, 3.05) is 33.8 Å². The summed E-state index contributed by atoms with van der Waals surface area (Å²) >= 11 is 0. The van der Waals surface area contributed by atoms with Crippen LogP contribution in [0.2, 0.25) is 0 Å². The van der Waals surface area contributed by atoms with Gasteiger partial charge in [0.25, 0.3) is 0 Å². The molecule has 1 aliphatic rings. The van der Waals surface area contributed by atoms with E-state index in [4.69, 9.17) is 5.11 Å². The number of carbonyl (C=O) groups is 1. The van der Waals surface area contributed by atoms with E-state index < -0.39 is 0 Å². The van der Waals surface area contributed by atoms with Gasteiger partial charge in [0.05, 0.1) is 6.54 Å². The fourth-order valence-corrected chi connectivity index (χ4v) is 2.21. The van der Waals surface area contributed by atoms with Crippen molar-refractivity contribution >= 4 is 5.91 Å². The van der Waals surface area contributed by atoms with E-state index in [-0.39, 0.29) is 12.5 Å². The quantitative estimate of drug-likeness (QED) is 0.669. The molecule has 0 radical (unpaired) electrons. The smallest absolute Gasteiger partial charge is 0.240 e. The van der Waals surface area contributed by atoms with Crippen molar-refractivity contribution < 1.29 is 9.90 Å². The molecule has 1 rings (SSSR count). The molecule has 18 heavy (non-hydrogen) atoms. The summed E-state index contributed by atoms with van der Waals surface area (Å²) in [5.41, 5.74) is 1.17. The summed E-state index contributed by atoms with van der Waals surface area (Å²) in [5.74, 6) is 0.174. The van der Waals surface area contributed by atoms with Gasteiger partial charge in [0.15, 0.2) is 0 Å². The van der Waals surface area contributed by atoms with Gasteiger partial charge >= 0.3 is 0 Å². The predicted octanol–water partition coefficient (Wildman–Crippen LogP) is 1.61. The zero-order valence-corrected chi connectivity index (χ0v) is 11.7. The van der Waals surface area contributed by atoms with Crippen molar-refractivity contribution in [2.45, 2.75) is 38.5 Å². The first kappa shape index (κ1) is 15.2. The average molecular weight is 254 g/mol. The van der Waals surface area contributed by atoms with Crippen LogP contribution in [0.4, 0.5) is 0 Å². The van der Waals surface area contributed by atoms with Crippen LogP contribution >= 0.6 is 0 Å². The molecule has 1 N–H and O–H groups in total. The van der Waals surface area contributed by atoms with Gasteiger partial charge in [0.2, 0.25) is 5.91 Å². The Kier molecular flexibility index (Phi) is 6.98. The number of unbranched alkanes of at least 4 members (excludes halogenated alkanes) is 2. The van der Waals surface area contributed by atoms with Crippen LogP contribution in [-0.4, -0.2) is 54.6 Å². The van der Waals surface area contributed by atoms with Crippen LogP contribution in [0.5, 0.6) is 0 Å². The monoisotopic (exact) mass is 254 g/mol. The van der Waals surface area contributed by atoms with Crippen molar-refractivity contribution in [1.29, 1.82) is 0 Å². The number of hydrogen-bond donors (Lipinski definition) is 1. The molecule has 0 bridgehead atoms. The van der Waals surface area contributed by atoms with E-state index in [2.05, 4.69) is 11.0 Å². The Morgan fingerprint density at radius 1 is 1.33 bits per heavy atom. The maximum atomic E-state index is 12.0. The van der Waals surface area contributed by atoms with Gasteiger partial charge in [-0.3, -0.25) is 9.69 Å². The first-order valence-corrected chi connectivity index (χ1v) is 6.90. The molecule has 0 aliphatic heterocycles. The molecule has 1 aliphatic carbocycles. The molecular weight excluding hydrogens is 228 g/mol. The summed E-state index contributed by atoms with van der Waals surface area (Å²) in [6.07, 6.45) is 8.39. The lowest BCUT2D eigenvalue weighted by atomic mass is 10.2. The third kappa shape index (κ3) is 5.19. The molecule has 0 aromatic rings. The molecule has 0 heterocycles. The molecule has 0 atom stereocenters. The average Bonchev–Trinajstić information content (AvgIpc) is 2.87. The second kappa shape index (κ2) is 8.27. The Balaban J connectivity index is 2.21. The zero-order valence-electron chi connectivity index (χ0n) is 11.7. The van der Waals surface area contributed by atoms with Gasteiger partial charge in [-0.15, -0.1) is 0 Å². The van der Waals surface area contributed by atoms with Crippen LogP contribution in [0.3, 0.4) is 0 Å². The molecule has 0 fully saturated rings. The maximum absolute atomic E-state index is 12.0. The molecule has 0 spiro atoms. The Hall–Kier alpha value is -0.870. The molecule has 0 aromatic carbocycles. The number of hydrogen-bond acceptors (Lipinski definition) is 3.